The highest BCUT2D eigenvalue weighted by molar-refractivity contribution is 5.10. The van der Waals surface area contributed by atoms with E-state index in [-0.39, 0.29) is 0 Å². The lowest BCUT2D eigenvalue weighted by Gasteiger charge is -2.59. The Morgan fingerprint density at radius 1 is 0.248 bits per heavy atom. The summed E-state index contributed by atoms with van der Waals surface area (Å²) in [6.45, 7) is 48.5. The molecule has 26 aliphatic rings. The molecule has 0 saturated heterocycles. The summed E-state index contributed by atoms with van der Waals surface area (Å²) in [5.74, 6) is 28.7. The van der Waals surface area contributed by atoms with Crippen molar-refractivity contribution in [1.29, 1.82) is 0 Å². The normalized spacial score (nSPS) is 51.9. The third kappa shape index (κ3) is 17.5. The third-order valence-electron chi connectivity index (χ3n) is 40.6. The van der Waals surface area contributed by atoms with Gasteiger partial charge < -0.3 is 0 Å². The van der Waals surface area contributed by atoms with Crippen molar-refractivity contribution in [3.63, 3.8) is 0 Å². The average Bonchev–Trinajstić information content (AvgIpc) is 1.66. The van der Waals surface area contributed by atoms with Crippen molar-refractivity contribution in [3.8, 4) is 0 Å². The summed E-state index contributed by atoms with van der Waals surface area (Å²) in [4.78, 5) is 0. The van der Waals surface area contributed by atoms with Crippen molar-refractivity contribution in [2.24, 2.45) is 197 Å². The van der Waals surface area contributed by atoms with Gasteiger partial charge in [-0.15, -0.1) is 0 Å². The van der Waals surface area contributed by atoms with Crippen molar-refractivity contribution in [2.75, 3.05) is 0 Å². The predicted molar refractivity (Wildman–Crippen MR) is 441 cm³/mol. The number of fused-ring (bicyclic) bond motifs is 23. The Morgan fingerprint density at radius 3 is 1.11 bits per heavy atom. The van der Waals surface area contributed by atoms with E-state index in [4.69, 9.17) is 0 Å². The Kier molecular flexibility index (Phi) is 26.1. The zero-order chi connectivity index (χ0) is 72.2. The SMILES string of the molecule is C1CCC2CCCC2C1.CC.CC12CC3CC(CC(C3)C1)C2.CC12CCC(CC1)CC2.CC1CC2CC1C1CCCC21.CC1CC2CCC1(C)C(C)(C)C2.CC1CC2CCC1(C)C2.CC1CC2CCC1(C)C2(C)C.CC1CC2CCC1C2.CC1CC2CCC1C2(C)C.CC1CC2CCC1CC2. The molecule has 20 bridgehead atoms. The molecular weight excluding hydrogens is 1210 g/mol. The highest BCUT2D eigenvalue weighted by atomic mass is 14.6. The molecule has 26 aliphatic carbocycles. The minimum absolute atomic E-state index is 0.605. The predicted octanol–water partition coefficient (Wildman–Crippen LogP) is 31.8. The van der Waals surface area contributed by atoms with E-state index in [9.17, 15) is 0 Å². The fourth-order valence-electron chi connectivity index (χ4n) is 33.1. The molecule has 0 aromatic rings. The Hall–Kier alpha value is 0. The lowest BCUT2D eigenvalue weighted by atomic mass is 9.46. The van der Waals surface area contributed by atoms with Gasteiger partial charge >= 0.3 is 0 Å². The Morgan fingerprint density at radius 2 is 0.762 bits per heavy atom. The zero-order valence-corrected chi connectivity index (χ0v) is 72.2. The molecule has 0 nitrogen and oxygen atoms in total. The number of hydrogen-bond acceptors (Lipinski definition) is 0. The monoisotopic (exact) mass is 1390 g/mol. The van der Waals surface area contributed by atoms with Crippen LogP contribution in [-0.2, 0) is 0 Å². The molecular formula is C101H180. The lowest BCUT2D eigenvalue weighted by Crippen LogP contribution is -2.50. The highest BCUT2D eigenvalue weighted by Crippen LogP contribution is 2.69. The molecule has 0 heteroatoms. The molecule has 26 fully saturated rings. The van der Waals surface area contributed by atoms with Crippen LogP contribution in [0.4, 0.5) is 0 Å². The van der Waals surface area contributed by atoms with Gasteiger partial charge in [0.15, 0.2) is 0 Å². The maximum Gasteiger partial charge on any atom is -0.0246 e. The average molecular weight is 1390 g/mol. The molecule has 0 N–H and O–H groups in total. The van der Waals surface area contributed by atoms with E-state index in [0.717, 1.165) is 141 Å². The molecule has 26 saturated carbocycles. The second-order valence-electron chi connectivity index (χ2n) is 47.4. The largest absolute Gasteiger partial charge is 0.0683 e. The van der Waals surface area contributed by atoms with Gasteiger partial charge in [0.2, 0.25) is 0 Å². The van der Waals surface area contributed by atoms with Crippen LogP contribution in [0, 0.1) is 197 Å². The van der Waals surface area contributed by atoms with Crippen molar-refractivity contribution < 1.29 is 0 Å². The van der Waals surface area contributed by atoms with Crippen LogP contribution in [0.1, 0.15) is 440 Å². The van der Waals surface area contributed by atoms with Gasteiger partial charge in [0.25, 0.3) is 0 Å². The van der Waals surface area contributed by atoms with Crippen LogP contribution in [0.5, 0.6) is 0 Å². The fourth-order valence-corrected chi connectivity index (χ4v) is 33.1. The van der Waals surface area contributed by atoms with Crippen LogP contribution in [0.3, 0.4) is 0 Å². The molecule has 26 rings (SSSR count). The van der Waals surface area contributed by atoms with Crippen molar-refractivity contribution in [2.45, 2.75) is 440 Å². The molecule has 584 valence electrons. The molecule has 23 atom stereocenters. The van der Waals surface area contributed by atoms with Gasteiger partial charge in [0.1, 0.15) is 0 Å². The lowest BCUT2D eigenvalue weighted by molar-refractivity contribution is -0.0964. The first kappa shape index (κ1) is 80.5. The summed E-state index contributed by atoms with van der Waals surface area (Å²) < 4.78 is 0. The first-order chi connectivity index (χ1) is 47.8. The summed E-state index contributed by atoms with van der Waals surface area (Å²) in [7, 11) is 0. The van der Waals surface area contributed by atoms with Gasteiger partial charge in [0.05, 0.1) is 0 Å². The maximum absolute atomic E-state index is 2.54. The topological polar surface area (TPSA) is 0 Å². The van der Waals surface area contributed by atoms with E-state index in [1.807, 2.05) is 13.8 Å². The number of hydrogen-bond donors (Lipinski definition) is 0. The van der Waals surface area contributed by atoms with E-state index in [1.54, 1.807) is 154 Å². The minimum atomic E-state index is 0.605. The smallest absolute Gasteiger partial charge is 0.0246 e. The van der Waals surface area contributed by atoms with Crippen LogP contribution in [0.15, 0.2) is 0 Å². The summed E-state index contributed by atoms with van der Waals surface area (Å²) in [5.41, 5.74) is 5.59. The first-order valence-electron chi connectivity index (χ1n) is 47.8. The molecule has 23 unspecified atom stereocenters. The van der Waals surface area contributed by atoms with Crippen molar-refractivity contribution in [1.82, 2.24) is 0 Å². The molecule has 0 aromatic carbocycles. The second kappa shape index (κ2) is 32.7. The van der Waals surface area contributed by atoms with Gasteiger partial charge in [0, 0.05) is 0 Å². The highest BCUT2D eigenvalue weighted by Gasteiger charge is 2.60. The Labute approximate surface area is 633 Å². The molecule has 0 heterocycles. The van der Waals surface area contributed by atoms with E-state index < -0.39 is 0 Å². The van der Waals surface area contributed by atoms with E-state index in [1.165, 1.54) is 177 Å². The van der Waals surface area contributed by atoms with Gasteiger partial charge in [-0.2, -0.15) is 0 Å². The molecule has 0 radical (unpaired) electrons. The summed E-state index contributed by atoms with van der Waals surface area (Å²) in [6, 6.07) is 0. The molecule has 101 heavy (non-hydrogen) atoms. The van der Waals surface area contributed by atoms with Crippen LogP contribution >= 0.6 is 0 Å². The maximum atomic E-state index is 2.54. The fraction of sp³-hybridized carbons (Fsp3) is 1.00. The Bertz CT molecular complexity index is 2470. The van der Waals surface area contributed by atoms with Gasteiger partial charge in [-0.3, -0.25) is 0 Å². The zero-order valence-electron chi connectivity index (χ0n) is 72.2. The molecule has 0 spiro atoms. The van der Waals surface area contributed by atoms with Crippen LogP contribution in [-0.4, -0.2) is 0 Å². The van der Waals surface area contributed by atoms with E-state index >= 15 is 0 Å². The van der Waals surface area contributed by atoms with Crippen LogP contribution in [0.2, 0.25) is 0 Å². The van der Waals surface area contributed by atoms with Gasteiger partial charge in [-0.1, -0.05) is 209 Å². The van der Waals surface area contributed by atoms with Crippen LogP contribution in [0.25, 0.3) is 0 Å². The standard InChI is InChI=1S/C12H22.2C11H18.C11H20.C10H18.4C9H16.C8H14.C2H6/c1-9-7-10-5-6-12(9,4)11(2,3)8-10;1-11-5-8-2-9(6-11)4-10(3-8)7-11;1-7-5-8-6-11(7)10-4-2-3-9(8)10;1-8-7-9-5-6-11(8,4)10(9,2)3;1-7-6-8-4-5-9(7)10(8,2)3;1-9-5-2-8(3-6-9)4-7-9;1-7-5-8-3-4-9(7,2)6-8;1-7-6-8-2-4-9(7)5-3-8;1-2-5-9-7-3-6-8(9)4-1;1-6-4-7-2-3-8(6)5-7;1-2/h9-10H,5-8H2,1-4H3;8-10H,2-7H2,1H3;7-11H,2-6H2,1H3;8-9H,5-7H2,1-4H3;7-9H,4-6H2,1-3H3;8H,2-7H2,1H3;7-8H,3-6H2,1-2H3;7-9H,2-6H2,1H3;8-9H,1-7H2;6-8H,2-5H2,1H3;1-2H3. The van der Waals surface area contributed by atoms with Crippen molar-refractivity contribution in [3.05, 3.63) is 0 Å². The molecule has 0 aromatic heterocycles. The first-order valence-corrected chi connectivity index (χ1v) is 47.8. The minimum Gasteiger partial charge on any atom is -0.0683 e. The molecule has 0 amide bonds. The third-order valence-corrected chi connectivity index (χ3v) is 40.6. The van der Waals surface area contributed by atoms with E-state index in [0.29, 0.717) is 27.1 Å². The van der Waals surface area contributed by atoms with E-state index in [2.05, 4.69) is 125 Å². The van der Waals surface area contributed by atoms with Crippen LogP contribution < -0.4 is 0 Å². The Balaban J connectivity index is 0.000000106. The molecule has 0 aliphatic heterocycles. The summed E-state index contributed by atoms with van der Waals surface area (Å²) in [6.07, 6.45) is 72.4. The van der Waals surface area contributed by atoms with Gasteiger partial charge in [-0.05, 0) is 428 Å². The number of rotatable bonds is 0. The van der Waals surface area contributed by atoms with Gasteiger partial charge in [-0.25, -0.2) is 0 Å². The second-order valence-corrected chi connectivity index (χ2v) is 47.4. The quantitative estimate of drug-likeness (QED) is 0.227. The van der Waals surface area contributed by atoms with Crippen molar-refractivity contribution >= 4 is 0 Å². The summed E-state index contributed by atoms with van der Waals surface area (Å²) in [5, 5.41) is 0. The summed E-state index contributed by atoms with van der Waals surface area (Å²) >= 11 is 0.